The smallest absolute Gasteiger partial charge is 0.236 e. The van der Waals surface area contributed by atoms with Crippen molar-refractivity contribution in [1.29, 1.82) is 0 Å². The molecule has 2 aliphatic rings. The highest BCUT2D eigenvalue weighted by Gasteiger charge is 2.27. The molecule has 2 aliphatic heterocycles. The highest BCUT2D eigenvalue weighted by molar-refractivity contribution is 5.78. The van der Waals surface area contributed by atoms with E-state index in [4.69, 9.17) is 0 Å². The number of carbonyl (C=O) groups is 2. The molecule has 0 aromatic rings. The first kappa shape index (κ1) is 14.5. The summed E-state index contributed by atoms with van der Waals surface area (Å²) in [7, 11) is 0. The lowest BCUT2D eigenvalue weighted by atomic mass is 9.92. The Balaban J connectivity index is 1.84. The second-order valence-corrected chi connectivity index (χ2v) is 6.52. The van der Waals surface area contributed by atoms with Crippen molar-refractivity contribution >= 4 is 12.2 Å². The van der Waals surface area contributed by atoms with Crippen molar-refractivity contribution in [2.75, 3.05) is 32.7 Å². The third kappa shape index (κ3) is 4.03. The summed E-state index contributed by atoms with van der Waals surface area (Å²) in [6.07, 6.45) is 4.28. The third-order valence-corrected chi connectivity index (χ3v) is 4.31. The van der Waals surface area contributed by atoms with Crippen molar-refractivity contribution in [3.8, 4) is 0 Å². The van der Waals surface area contributed by atoms with E-state index in [9.17, 15) is 9.59 Å². The highest BCUT2D eigenvalue weighted by Crippen LogP contribution is 2.21. The number of hydrogen-bond donors (Lipinski definition) is 0. The molecular weight excluding hydrogens is 240 g/mol. The highest BCUT2D eigenvalue weighted by atomic mass is 16.2. The summed E-state index contributed by atoms with van der Waals surface area (Å²) >= 11 is 0. The van der Waals surface area contributed by atoms with Gasteiger partial charge in [0.25, 0.3) is 0 Å². The molecule has 108 valence electrons. The lowest BCUT2D eigenvalue weighted by Crippen LogP contribution is -2.48. The van der Waals surface area contributed by atoms with E-state index in [0.717, 1.165) is 45.3 Å². The molecule has 2 saturated heterocycles. The molecule has 3 atom stereocenters. The number of likely N-dealkylation sites (tertiary alicyclic amines) is 2. The molecule has 0 spiro atoms. The van der Waals surface area contributed by atoms with Crippen molar-refractivity contribution in [1.82, 2.24) is 9.80 Å². The van der Waals surface area contributed by atoms with Gasteiger partial charge in [-0.3, -0.25) is 9.69 Å². The predicted molar refractivity (Wildman–Crippen MR) is 74.8 cm³/mol. The number of aldehydes is 1. The van der Waals surface area contributed by atoms with Gasteiger partial charge < -0.3 is 9.69 Å². The molecule has 2 fully saturated rings. The van der Waals surface area contributed by atoms with Gasteiger partial charge in [-0.05, 0) is 37.6 Å². The van der Waals surface area contributed by atoms with Gasteiger partial charge in [-0.2, -0.15) is 0 Å². The average molecular weight is 266 g/mol. The molecule has 3 unspecified atom stereocenters. The fourth-order valence-corrected chi connectivity index (χ4v) is 3.50. The van der Waals surface area contributed by atoms with E-state index in [1.54, 1.807) is 0 Å². The monoisotopic (exact) mass is 266 g/mol. The van der Waals surface area contributed by atoms with Crippen molar-refractivity contribution in [2.45, 2.75) is 33.1 Å². The van der Waals surface area contributed by atoms with E-state index in [-0.39, 0.29) is 11.8 Å². The van der Waals surface area contributed by atoms with Crippen LogP contribution in [0.4, 0.5) is 0 Å². The van der Waals surface area contributed by atoms with Crippen LogP contribution in [-0.4, -0.2) is 54.7 Å². The first-order valence-electron chi connectivity index (χ1n) is 7.54. The van der Waals surface area contributed by atoms with Gasteiger partial charge in [-0.25, -0.2) is 0 Å². The number of amides is 1. The molecule has 19 heavy (non-hydrogen) atoms. The third-order valence-electron chi connectivity index (χ3n) is 4.31. The Morgan fingerprint density at radius 1 is 1.21 bits per heavy atom. The first-order valence-corrected chi connectivity index (χ1v) is 7.54. The normalized spacial score (nSPS) is 33.2. The van der Waals surface area contributed by atoms with Crippen LogP contribution in [0.5, 0.6) is 0 Å². The molecule has 0 saturated carbocycles. The molecule has 0 N–H and O–H groups in total. The van der Waals surface area contributed by atoms with E-state index < -0.39 is 0 Å². The van der Waals surface area contributed by atoms with Crippen molar-refractivity contribution in [2.24, 2.45) is 17.8 Å². The molecule has 1 amide bonds. The van der Waals surface area contributed by atoms with Gasteiger partial charge in [0.05, 0.1) is 6.54 Å². The quantitative estimate of drug-likeness (QED) is 0.725. The second kappa shape index (κ2) is 6.51. The Kier molecular flexibility index (Phi) is 4.97. The lowest BCUT2D eigenvalue weighted by Gasteiger charge is -2.37. The average Bonchev–Trinajstić information content (AvgIpc) is 2.37. The van der Waals surface area contributed by atoms with Crippen LogP contribution in [0.3, 0.4) is 0 Å². The maximum absolute atomic E-state index is 12.3. The lowest BCUT2D eigenvalue weighted by molar-refractivity contribution is -0.136. The summed E-state index contributed by atoms with van der Waals surface area (Å²) in [5.41, 5.74) is 0. The molecular formula is C15H26N2O2. The van der Waals surface area contributed by atoms with Crippen LogP contribution in [-0.2, 0) is 9.59 Å². The minimum absolute atomic E-state index is 0.126. The maximum atomic E-state index is 12.3. The standard InChI is InChI=1S/C15H26N2O2/c1-12-6-13(2)8-17(7-12)15(19)10-16-5-3-4-14(9-16)11-18/h11-14H,3-10H2,1-2H3. The van der Waals surface area contributed by atoms with Crippen molar-refractivity contribution < 1.29 is 9.59 Å². The van der Waals surface area contributed by atoms with Crippen LogP contribution in [0.1, 0.15) is 33.1 Å². The number of hydrogen-bond acceptors (Lipinski definition) is 3. The Hall–Kier alpha value is -0.900. The summed E-state index contributed by atoms with van der Waals surface area (Å²) in [4.78, 5) is 27.4. The predicted octanol–water partition coefficient (Wildman–Crippen LogP) is 1.40. The van der Waals surface area contributed by atoms with Crippen LogP contribution in [0, 0.1) is 17.8 Å². The Bertz CT molecular complexity index is 322. The van der Waals surface area contributed by atoms with Crippen molar-refractivity contribution in [3.05, 3.63) is 0 Å². The second-order valence-electron chi connectivity index (χ2n) is 6.52. The van der Waals surface area contributed by atoms with E-state index in [0.29, 0.717) is 18.4 Å². The molecule has 2 heterocycles. The minimum atomic E-state index is 0.126. The minimum Gasteiger partial charge on any atom is -0.341 e. The zero-order valence-corrected chi connectivity index (χ0v) is 12.2. The van der Waals surface area contributed by atoms with E-state index in [1.165, 1.54) is 6.42 Å². The summed E-state index contributed by atoms with van der Waals surface area (Å²) in [5.74, 6) is 1.58. The molecule has 0 aromatic heterocycles. The zero-order valence-electron chi connectivity index (χ0n) is 12.2. The van der Waals surface area contributed by atoms with E-state index >= 15 is 0 Å². The Morgan fingerprint density at radius 3 is 2.53 bits per heavy atom. The number of carbonyl (C=O) groups excluding carboxylic acids is 2. The van der Waals surface area contributed by atoms with Gasteiger partial charge in [0.1, 0.15) is 6.29 Å². The summed E-state index contributed by atoms with van der Waals surface area (Å²) in [6, 6.07) is 0. The molecule has 2 rings (SSSR count). The van der Waals surface area contributed by atoms with E-state index in [1.807, 2.05) is 4.90 Å². The topological polar surface area (TPSA) is 40.6 Å². The molecule has 4 nitrogen and oxygen atoms in total. The Labute approximate surface area is 116 Å². The van der Waals surface area contributed by atoms with Gasteiger partial charge in [0.15, 0.2) is 0 Å². The van der Waals surface area contributed by atoms with Crippen LogP contribution in [0.15, 0.2) is 0 Å². The summed E-state index contributed by atoms with van der Waals surface area (Å²) in [6.45, 7) is 8.44. The molecule has 0 bridgehead atoms. The molecule has 4 heteroatoms. The Morgan fingerprint density at radius 2 is 1.89 bits per heavy atom. The van der Waals surface area contributed by atoms with Crippen LogP contribution in [0.25, 0.3) is 0 Å². The largest absolute Gasteiger partial charge is 0.341 e. The SMILES string of the molecule is CC1CC(C)CN(C(=O)CN2CCCC(C=O)C2)C1. The summed E-state index contributed by atoms with van der Waals surface area (Å²) in [5, 5.41) is 0. The van der Waals surface area contributed by atoms with Crippen LogP contribution >= 0.6 is 0 Å². The fourth-order valence-electron chi connectivity index (χ4n) is 3.50. The van der Waals surface area contributed by atoms with Crippen LogP contribution in [0.2, 0.25) is 0 Å². The van der Waals surface area contributed by atoms with Gasteiger partial charge in [0, 0.05) is 25.6 Å². The summed E-state index contributed by atoms with van der Waals surface area (Å²) < 4.78 is 0. The molecule has 0 aliphatic carbocycles. The van der Waals surface area contributed by atoms with Gasteiger partial charge in [-0.15, -0.1) is 0 Å². The maximum Gasteiger partial charge on any atom is 0.236 e. The van der Waals surface area contributed by atoms with Gasteiger partial charge in [0.2, 0.25) is 5.91 Å². The first-order chi connectivity index (χ1) is 9.08. The molecule has 0 radical (unpaired) electrons. The molecule has 0 aromatic carbocycles. The van der Waals surface area contributed by atoms with Gasteiger partial charge >= 0.3 is 0 Å². The number of rotatable bonds is 3. The van der Waals surface area contributed by atoms with E-state index in [2.05, 4.69) is 18.7 Å². The van der Waals surface area contributed by atoms with Crippen LogP contribution < -0.4 is 0 Å². The fraction of sp³-hybridized carbons (Fsp3) is 0.867. The van der Waals surface area contributed by atoms with Gasteiger partial charge in [-0.1, -0.05) is 13.8 Å². The zero-order chi connectivity index (χ0) is 13.8. The van der Waals surface area contributed by atoms with Crippen molar-refractivity contribution in [3.63, 3.8) is 0 Å². The number of nitrogens with zero attached hydrogens (tertiary/aromatic N) is 2. The number of piperidine rings is 2.